The van der Waals surface area contributed by atoms with E-state index in [0.29, 0.717) is 36.0 Å². The van der Waals surface area contributed by atoms with E-state index in [4.69, 9.17) is 9.47 Å². The summed E-state index contributed by atoms with van der Waals surface area (Å²) in [6.45, 7) is 16.6. The molecule has 9 atom stereocenters. The lowest BCUT2D eigenvalue weighted by atomic mass is 9.46. The van der Waals surface area contributed by atoms with E-state index in [9.17, 15) is 14.4 Å². The van der Waals surface area contributed by atoms with Crippen LogP contribution in [0.25, 0.3) is 0 Å². The van der Waals surface area contributed by atoms with Gasteiger partial charge < -0.3 is 9.47 Å². The highest BCUT2D eigenvalue weighted by Crippen LogP contribution is 2.67. The lowest BCUT2D eigenvalue weighted by molar-refractivity contribution is -0.200. The zero-order chi connectivity index (χ0) is 27.3. The van der Waals surface area contributed by atoms with Crippen molar-refractivity contribution in [3.8, 4) is 0 Å². The summed E-state index contributed by atoms with van der Waals surface area (Å²) < 4.78 is 11.7. The number of carbonyl (C=O) groups is 3. The van der Waals surface area contributed by atoms with E-state index in [2.05, 4.69) is 59.8 Å². The van der Waals surface area contributed by atoms with E-state index in [-0.39, 0.29) is 41.6 Å². The Balaban J connectivity index is 1.67. The molecule has 0 aromatic rings. The van der Waals surface area contributed by atoms with Crippen LogP contribution >= 0.6 is 0 Å². The quantitative estimate of drug-likeness (QED) is 0.288. The second kappa shape index (κ2) is 10.0. The van der Waals surface area contributed by atoms with Crippen LogP contribution in [0.1, 0.15) is 100 Å². The second-order valence-electron chi connectivity index (χ2n) is 13.5. The fourth-order valence-corrected chi connectivity index (χ4v) is 8.59. The van der Waals surface area contributed by atoms with Crippen molar-refractivity contribution in [2.24, 2.45) is 46.3 Å². The van der Waals surface area contributed by atoms with Gasteiger partial charge in [0.25, 0.3) is 0 Å². The molecule has 0 aromatic carbocycles. The molecule has 0 N–H and O–H groups in total. The molecule has 0 radical (unpaired) electrons. The predicted molar refractivity (Wildman–Crippen MR) is 144 cm³/mol. The fraction of sp³-hybridized carbons (Fsp3) is 0.781. The highest BCUT2D eigenvalue weighted by Gasteiger charge is 2.66. The van der Waals surface area contributed by atoms with Crippen molar-refractivity contribution in [1.29, 1.82) is 0 Å². The third-order valence-electron chi connectivity index (χ3n) is 11.0. The average molecular weight is 513 g/mol. The van der Waals surface area contributed by atoms with Crippen LogP contribution in [0.3, 0.4) is 0 Å². The smallest absolute Gasteiger partial charge is 0.303 e. The van der Waals surface area contributed by atoms with Crippen LogP contribution in [0, 0.1) is 46.3 Å². The van der Waals surface area contributed by atoms with Crippen LogP contribution in [0.5, 0.6) is 0 Å². The van der Waals surface area contributed by atoms with Crippen molar-refractivity contribution < 1.29 is 23.9 Å². The first-order valence-corrected chi connectivity index (χ1v) is 14.5. The molecule has 0 amide bonds. The van der Waals surface area contributed by atoms with Gasteiger partial charge in [-0.1, -0.05) is 65.3 Å². The van der Waals surface area contributed by atoms with Gasteiger partial charge in [0.2, 0.25) is 0 Å². The summed E-state index contributed by atoms with van der Waals surface area (Å²) in [5.74, 6) is 1.91. The fourth-order valence-electron chi connectivity index (χ4n) is 8.59. The number of allylic oxidation sites excluding steroid dienone is 3. The van der Waals surface area contributed by atoms with E-state index >= 15 is 0 Å². The van der Waals surface area contributed by atoms with Gasteiger partial charge in [-0.3, -0.25) is 14.4 Å². The Morgan fingerprint density at radius 2 is 1.73 bits per heavy atom. The zero-order valence-corrected chi connectivity index (χ0v) is 24.3. The van der Waals surface area contributed by atoms with Crippen LogP contribution in [0.4, 0.5) is 0 Å². The molecule has 0 aliphatic heterocycles. The number of ketones is 1. The van der Waals surface area contributed by atoms with E-state index < -0.39 is 11.0 Å². The SMILES string of the molecule is CC(=O)OC1CCC2(C)C3=CCC4(C)C(CCC4[C@H](C)/C=C/[C@H](C)C(C)C)C3C(=O)C[C@@]2(OC(C)=O)C1. The minimum atomic E-state index is -0.953. The first-order chi connectivity index (χ1) is 17.2. The Bertz CT molecular complexity index is 993. The Hall–Kier alpha value is -1.91. The number of Topliss-reactive ketones (excluding diaryl/α,β-unsaturated/α-hetero) is 1. The van der Waals surface area contributed by atoms with Crippen LogP contribution < -0.4 is 0 Å². The summed E-state index contributed by atoms with van der Waals surface area (Å²) in [6.07, 6.45) is 12.1. The Morgan fingerprint density at radius 3 is 2.35 bits per heavy atom. The molecule has 206 valence electrons. The van der Waals surface area contributed by atoms with Crippen molar-refractivity contribution in [1.82, 2.24) is 0 Å². The van der Waals surface area contributed by atoms with E-state index in [1.54, 1.807) is 0 Å². The van der Waals surface area contributed by atoms with Gasteiger partial charge in [0, 0.05) is 38.0 Å². The monoisotopic (exact) mass is 512 g/mol. The summed E-state index contributed by atoms with van der Waals surface area (Å²) in [4.78, 5) is 38.1. The summed E-state index contributed by atoms with van der Waals surface area (Å²) in [5, 5.41) is 0. The summed E-state index contributed by atoms with van der Waals surface area (Å²) in [6, 6.07) is 0. The molecule has 3 saturated carbocycles. The molecule has 0 heterocycles. The van der Waals surface area contributed by atoms with Crippen LogP contribution in [-0.2, 0) is 23.9 Å². The molecule has 6 unspecified atom stereocenters. The van der Waals surface area contributed by atoms with E-state index in [1.165, 1.54) is 19.4 Å². The minimum absolute atomic E-state index is 0.0847. The topological polar surface area (TPSA) is 69.7 Å². The first-order valence-electron chi connectivity index (χ1n) is 14.5. The maximum absolute atomic E-state index is 14.0. The third kappa shape index (κ3) is 4.74. The molecule has 0 spiro atoms. The minimum Gasteiger partial charge on any atom is -0.462 e. The largest absolute Gasteiger partial charge is 0.462 e. The molecule has 5 nitrogen and oxygen atoms in total. The molecule has 5 heteroatoms. The van der Waals surface area contributed by atoms with Crippen molar-refractivity contribution in [3.63, 3.8) is 0 Å². The van der Waals surface area contributed by atoms with E-state index in [0.717, 1.165) is 32.1 Å². The molecule has 37 heavy (non-hydrogen) atoms. The summed E-state index contributed by atoms with van der Waals surface area (Å²) in [7, 11) is 0. The molecule has 4 aliphatic carbocycles. The van der Waals surface area contributed by atoms with Gasteiger partial charge in [0.05, 0.1) is 0 Å². The molecule has 4 rings (SSSR count). The van der Waals surface area contributed by atoms with Gasteiger partial charge in [-0.2, -0.15) is 0 Å². The Morgan fingerprint density at radius 1 is 1.03 bits per heavy atom. The van der Waals surface area contributed by atoms with Gasteiger partial charge in [-0.05, 0) is 67.1 Å². The number of esters is 2. The number of rotatable bonds is 6. The number of carbonyl (C=O) groups excluding carboxylic acids is 3. The predicted octanol–water partition coefficient (Wildman–Crippen LogP) is 6.85. The van der Waals surface area contributed by atoms with E-state index in [1.807, 2.05) is 0 Å². The van der Waals surface area contributed by atoms with Gasteiger partial charge in [-0.25, -0.2) is 0 Å². The van der Waals surface area contributed by atoms with Crippen LogP contribution in [-0.4, -0.2) is 29.4 Å². The average Bonchev–Trinajstić information content (AvgIpc) is 3.14. The lowest BCUT2D eigenvalue weighted by Gasteiger charge is -2.60. The Kier molecular flexibility index (Phi) is 7.60. The maximum atomic E-state index is 14.0. The highest BCUT2D eigenvalue weighted by molar-refractivity contribution is 5.88. The van der Waals surface area contributed by atoms with Crippen molar-refractivity contribution in [2.45, 2.75) is 112 Å². The number of fused-ring (bicyclic) bond motifs is 5. The lowest BCUT2D eigenvalue weighted by Crippen LogP contribution is -2.63. The van der Waals surface area contributed by atoms with Gasteiger partial charge in [0.15, 0.2) is 0 Å². The van der Waals surface area contributed by atoms with Crippen LogP contribution in [0.2, 0.25) is 0 Å². The second-order valence-corrected chi connectivity index (χ2v) is 13.5. The normalized spacial score (nSPS) is 40.9. The third-order valence-corrected chi connectivity index (χ3v) is 11.0. The van der Waals surface area contributed by atoms with Gasteiger partial charge in [-0.15, -0.1) is 0 Å². The molecule has 4 aliphatic rings. The van der Waals surface area contributed by atoms with Crippen LogP contribution in [0.15, 0.2) is 23.8 Å². The molecule has 0 saturated heterocycles. The Labute approximate surface area is 223 Å². The molecule has 0 aromatic heterocycles. The summed E-state index contributed by atoms with van der Waals surface area (Å²) in [5.41, 5.74) is -0.107. The molecule has 0 bridgehead atoms. The number of hydrogen-bond acceptors (Lipinski definition) is 5. The molecule has 3 fully saturated rings. The molecular formula is C32H48O5. The number of hydrogen-bond donors (Lipinski definition) is 0. The summed E-state index contributed by atoms with van der Waals surface area (Å²) >= 11 is 0. The maximum Gasteiger partial charge on any atom is 0.303 e. The van der Waals surface area contributed by atoms with Crippen molar-refractivity contribution in [2.75, 3.05) is 0 Å². The van der Waals surface area contributed by atoms with Gasteiger partial charge >= 0.3 is 11.9 Å². The van der Waals surface area contributed by atoms with Crippen molar-refractivity contribution >= 4 is 17.7 Å². The molecular weight excluding hydrogens is 464 g/mol. The standard InChI is InChI=1S/C32H48O5/c1-19(2)20(3)9-10-21(4)25-11-12-26-29-27(14-15-30(25,26)7)31(8)16-13-24(36-22(5)33)17-32(31,18-28(29)35)37-23(6)34/h9-10,14,19-21,24-26,29H,11-13,15-18H2,1-8H3/b10-9+/t20-,21+,24?,25?,26?,29?,30?,31?,32-/m0/s1. The highest BCUT2D eigenvalue weighted by atomic mass is 16.6. The first kappa shape index (κ1) is 28.1. The number of ether oxygens (including phenoxy) is 2. The van der Waals surface area contributed by atoms with Crippen molar-refractivity contribution in [3.05, 3.63) is 23.8 Å². The zero-order valence-electron chi connectivity index (χ0n) is 24.3. The van der Waals surface area contributed by atoms with Gasteiger partial charge in [0.1, 0.15) is 17.5 Å².